The minimum atomic E-state index is 0.237. The Kier molecular flexibility index (Phi) is 5.55. The lowest BCUT2D eigenvalue weighted by molar-refractivity contribution is 0.111. The van der Waals surface area contributed by atoms with Crippen LogP contribution in [0.2, 0.25) is 0 Å². The third-order valence-electron chi connectivity index (χ3n) is 5.04. The zero-order chi connectivity index (χ0) is 21.1. The van der Waals surface area contributed by atoms with Gasteiger partial charge in [-0.1, -0.05) is 54.6 Å². The standard InChI is InChI=1S/C25H19NO3S/c1-2-29-25(30)26(23-14-13-18(15-27)20-8-5-6-10-22(20)23)24-19(16-28)12-11-17-7-3-4-9-21(17)24/h3-16H,2H2,1H3. The number of hydrogen-bond acceptors (Lipinski definition) is 4. The Balaban J connectivity index is 2.10. The van der Waals surface area contributed by atoms with Crippen molar-refractivity contribution in [3.63, 3.8) is 0 Å². The van der Waals surface area contributed by atoms with E-state index in [0.29, 0.717) is 23.4 Å². The molecule has 148 valence electrons. The Labute approximate surface area is 179 Å². The van der Waals surface area contributed by atoms with Gasteiger partial charge in [-0.25, -0.2) is 0 Å². The zero-order valence-corrected chi connectivity index (χ0v) is 17.2. The monoisotopic (exact) mass is 413 g/mol. The third-order valence-corrected chi connectivity index (χ3v) is 5.34. The molecule has 0 aliphatic heterocycles. The van der Waals surface area contributed by atoms with Crippen molar-refractivity contribution in [3.8, 4) is 0 Å². The summed E-state index contributed by atoms with van der Waals surface area (Å²) in [5.41, 5.74) is 2.49. The predicted molar refractivity (Wildman–Crippen MR) is 125 cm³/mol. The van der Waals surface area contributed by atoms with E-state index < -0.39 is 0 Å². The Morgan fingerprint density at radius 1 is 0.833 bits per heavy atom. The first-order chi connectivity index (χ1) is 14.7. The second-order valence-electron chi connectivity index (χ2n) is 6.71. The van der Waals surface area contributed by atoms with Gasteiger partial charge in [-0.2, -0.15) is 0 Å². The summed E-state index contributed by atoms with van der Waals surface area (Å²) in [5, 5.41) is 3.75. The maximum atomic E-state index is 12.0. The number of hydrogen-bond donors (Lipinski definition) is 0. The summed E-state index contributed by atoms with van der Waals surface area (Å²) in [6.07, 6.45) is 1.66. The van der Waals surface area contributed by atoms with Gasteiger partial charge in [0.05, 0.1) is 18.0 Å². The molecule has 0 aliphatic rings. The first kappa shape index (κ1) is 19.7. The molecule has 0 N–H and O–H groups in total. The van der Waals surface area contributed by atoms with Crippen LogP contribution in [0.4, 0.5) is 11.4 Å². The van der Waals surface area contributed by atoms with Crippen molar-refractivity contribution in [2.75, 3.05) is 11.5 Å². The summed E-state index contributed by atoms with van der Waals surface area (Å²) in [5.74, 6) is 0. The van der Waals surface area contributed by atoms with Crippen LogP contribution in [0.3, 0.4) is 0 Å². The summed E-state index contributed by atoms with van der Waals surface area (Å²) in [7, 11) is 0. The van der Waals surface area contributed by atoms with E-state index in [2.05, 4.69) is 0 Å². The van der Waals surface area contributed by atoms with Crippen molar-refractivity contribution < 1.29 is 14.3 Å². The molecule has 4 aromatic carbocycles. The summed E-state index contributed by atoms with van der Waals surface area (Å²) < 4.78 is 5.74. The van der Waals surface area contributed by atoms with E-state index in [1.165, 1.54) is 0 Å². The van der Waals surface area contributed by atoms with Gasteiger partial charge < -0.3 is 4.74 Å². The summed E-state index contributed by atoms with van der Waals surface area (Å²) in [4.78, 5) is 25.4. The second-order valence-corrected chi connectivity index (χ2v) is 7.06. The van der Waals surface area contributed by atoms with Crippen LogP contribution in [0.5, 0.6) is 0 Å². The number of carbonyl (C=O) groups excluding carboxylic acids is 2. The van der Waals surface area contributed by atoms with Gasteiger partial charge in [0.25, 0.3) is 5.17 Å². The molecule has 0 atom stereocenters. The van der Waals surface area contributed by atoms with Gasteiger partial charge in [-0.3, -0.25) is 14.5 Å². The molecular weight excluding hydrogens is 394 g/mol. The lowest BCUT2D eigenvalue weighted by Crippen LogP contribution is -2.28. The largest absolute Gasteiger partial charge is 0.471 e. The van der Waals surface area contributed by atoms with Crippen molar-refractivity contribution >= 4 is 62.9 Å². The number of rotatable bonds is 5. The molecule has 0 saturated carbocycles. The molecule has 0 heterocycles. The maximum absolute atomic E-state index is 12.0. The first-order valence-electron chi connectivity index (χ1n) is 9.60. The van der Waals surface area contributed by atoms with E-state index in [1.54, 1.807) is 17.0 Å². The average Bonchev–Trinajstić information content (AvgIpc) is 2.79. The number of thiocarbonyl (C=S) groups is 1. The zero-order valence-electron chi connectivity index (χ0n) is 16.4. The normalized spacial score (nSPS) is 10.7. The second kappa shape index (κ2) is 8.43. The van der Waals surface area contributed by atoms with E-state index in [-0.39, 0.29) is 5.17 Å². The Morgan fingerprint density at radius 3 is 2.17 bits per heavy atom. The van der Waals surface area contributed by atoms with Gasteiger partial charge in [0, 0.05) is 21.9 Å². The molecule has 0 fully saturated rings. The van der Waals surface area contributed by atoms with Gasteiger partial charge >= 0.3 is 0 Å². The van der Waals surface area contributed by atoms with Crippen LogP contribution in [-0.2, 0) is 4.74 Å². The Bertz CT molecular complexity index is 1280. The number of nitrogens with zero attached hydrogens (tertiary/aromatic N) is 1. The highest BCUT2D eigenvalue weighted by molar-refractivity contribution is 7.80. The molecular formula is C25H19NO3S. The van der Waals surface area contributed by atoms with Crippen molar-refractivity contribution in [3.05, 3.63) is 83.9 Å². The third kappa shape index (κ3) is 3.33. The molecule has 4 aromatic rings. The van der Waals surface area contributed by atoms with E-state index in [9.17, 15) is 9.59 Å². The molecule has 0 unspecified atom stereocenters. The van der Waals surface area contributed by atoms with Crippen LogP contribution in [0.25, 0.3) is 21.5 Å². The average molecular weight is 413 g/mol. The smallest absolute Gasteiger partial charge is 0.268 e. The first-order valence-corrected chi connectivity index (χ1v) is 10.0. The number of anilines is 2. The van der Waals surface area contributed by atoms with Crippen molar-refractivity contribution in [1.29, 1.82) is 0 Å². The van der Waals surface area contributed by atoms with Crippen molar-refractivity contribution in [2.45, 2.75) is 6.92 Å². The molecule has 30 heavy (non-hydrogen) atoms. The van der Waals surface area contributed by atoms with Crippen LogP contribution in [0.1, 0.15) is 27.6 Å². The van der Waals surface area contributed by atoms with Crippen LogP contribution in [-0.4, -0.2) is 24.4 Å². The quantitative estimate of drug-likeness (QED) is 0.293. The molecule has 5 heteroatoms. The summed E-state index contributed by atoms with van der Waals surface area (Å²) >= 11 is 5.65. The highest BCUT2D eigenvalue weighted by Crippen LogP contribution is 2.39. The lowest BCUT2D eigenvalue weighted by atomic mass is 10.00. The van der Waals surface area contributed by atoms with Gasteiger partial charge in [-0.05, 0) is 48.1 Å². The fourth-order valence-electron chi connectivity index (χ4n) is 3.72. The molecule has 0 spiro atoms. The van der Waals surface area contributed by atoms with Crippen LogP contribution in [0.15, 0.2) is 72.8 Å². The molecule has 4 nitrogen and oxygen atoms in total. The van der Waals surface area contributed by atoms with E-state index in [4.69, 9.17) is 17.0 Å². The fourth-order valence-corrected chi connectivity index (χ4v) is 4.03. The van der Waals surface area contributed by atoms with Gasteiger partial charge in [-0.15, -0.1) is 0 Å². The van der Waals surface area contributed by atoms with Gasteiger partial charge in [0.1, 0.15) is 0 Å². The molecule has 4 rings (SSSR count). The van der Waals surface area contributed by atoms with E-state index >= 15 is 0 Å². The van der Waals surface area contributed by atoms with Crippen molar-refractivity contribution in [2.24, 2.45) is 0 Å². The highest BCUT2D eigenvalue weighted by atomic mass is 32.1. The number of aldehydes is 2. The molecule has 0 aromatic heterocycles. The molecule has 0 aliphatic carbocycles. The summed E-state index contributed by atoms with van der Waals surface area (Å²) in [6.45, 7) is 2.25. The maximum Gasteiger partial charge on any atom is 0.268 e. The number of carbonyl (C=O) groups is 2. The van der Waals surface area contributed by atoms with Crippen LogP contribution < -0.4 is 4.90 Å². The number of ether oxygens (including phenoxy) is 1. The Hall–Kier alpha value is -3.57. The highest BCUT2D eigenvalue weighted by Gasteiger charge is 2.24. The minimum Gasteiger partial charge on any atom is -0.471 e. The molecule has 0 radical (unpaired) electrons. The van der Waals surface area contributed by atoms with Gasteiger partial charge in [0.2, 0.25) is 0 Å². The Morgan fingerprint density at radius 2 is 1.47 bits per heavy atom. The van der Waals surface area contributed by atoms with Crippen molar-refractivity contribution in [1.82, 2.24) is 0 Å². The topological polar surface area (TPSA) is 46.6 Å². The predicted octanol–water partition coefficient (Wildman–Crippen LogP) is 6.08. The van der Waals surface area contributed by atoms with Crippen LogP contribution >= 0.6 is 12.2 Å². The lowest BCUT2D eigenvalue weighted by Gasteiger charge is -2.28. The molecule has 0 amide bonds. The van der Waals surface area contributed by atoms with E-state index in [1.807, 2.05) is 67.6 Å². The minimum absolute atomic E-state index is 0.237. The van der Waals surface area contributed by atoms with Gasteiger partial charge in [0.15, 0.2) is 12.6 Å². The molecule has 0 bridgehead atoms. The number of benzene rings is 4. The SMILES string of the molecule is CCOC(=S)N(c1c(C=O)ccc2ccccc12)c1ccc(C=O)c2ccccc12. The number of fused-ring (bicyclic) bond motifs is 2. The fraction of sp³-hybridized carbons (Fsp3) is 0.0800. The summed E-state index contributed by atoms with van der Waals surface area (Å²) in [6, 6.07) is 22.8. The molecule has 0 saturated heterocycles. The van der Waals surface area contributed by atoms with Crippen LogP contribution in [0, 0.1) is 0 Å². The van der Waals surface area contributed by atoms with E-state index in [0.717, 1.165) is 39.8 Å².